The Morgan fingerprint density at radius 3 is 1.92 bits per heavy atom. The molecule has 130 valence electrons. The highest BCUT2D eigenvalue weighted by Gasteiger charge is 2.35. The number of carbonyl (C=O) groups is 3. The number of benzene rings is 2. The minimum Gasteiger partial charge on any atom is -0.547 e. The van der Waals surface area contributed by atoms with E-state index in [4.69, 9.17) is 0 Å². The van der Waals surface area contributed by atoms with Crippen LogP contribution in [-0.4, -0.2) is 29.1 Å². The molecule has 25 heavy (non-hydrogen) atoms. The Kier molecular flexibility index (Phi) is 6.19. The van der Waals surface area contributed by atoms with Crippen LogP contribution in [0.2, 0.25) is 0 Å². The number of carboxylic acid groups (broad SMARTS) is 2. The lowest BCUT2D eigenvalue weighted by Gasteiger charge is -2.36. The number of aliphatic carboxylic acids is 2. The van der Waals surface area contributed by atoms with Gasteiger partial charge in [0.1, 0.15) is 5.54 Å². The minimum absolute atomic E-state index is 0.140. The molecule has 1 N–H and O–H groups in total. The van der Waals surface area contributed by atoms with Gasteiger partial charge in [0, 0.05) is 16.2 Å². The van der Waals surface area contributed by atoms with Crippen molar-refractivity contribution in [2.24, 2.45) is 0 Å². The first-order chi connectivity index (χ1) is 12.0. The molecule has 0 fully saturated rings. The highest BCUT2D eigenvalue weighted by atomic mass is 32.2. The van der Waals surface area contributed by atoms with Gasteiger partial charge in [-0.3, -0.25) is 4.79 Å². The Hall–Kier alpha value is -2.80. The van der Waals surface area contributed by atoms with E-state index in [1.165, 1.54) is 23.9 Å². The first-order valence-corrected chi connectivity index (χ1v) is 8.42. The van der Waals surface area contributed by atoms with E-state index < -0.39 is 23.4 Å². The Balaban J connectivity index is 2.14. The largest absolute Gasteiger partial charge is 0.547 e. The third kappa shape index (κ3) is 4.60. The van der Waals surface area contributed by atoms with Crippen LogP contribution in [0, 0.1) is 0 Å². The Bertz CT molecular complexity index is 735. The second kappa shape index (κ2) is 8.34. The SMILES string of the molecule is O=C(NC(CCSc1ccccc1)(C(=O)[O-])C(=O)[O-])c1ccccc1. The van der Waals surface area contributed by atoms with Crippen molar-refractivity contribution in [2.45, 2.75) is 16.9 Å². The molecule has 0 unspecified atom stereocenters. The topological polar surface area (TPSA) is 109 Å². The quantitative estimate of drug-likeness (QED) is 0.519. The fourth-order valence-corrected chi connectivity index (χ4v) is 3.14. The first-order valence-electron chi connectivity index (χ1n) is 7.44. The molecule has 2 rings (SSSR count). The van der Waals surface area contributed by atoms with Gasteiger partial charge in [-0.1, -0.05) is 36.4 Å². The second-order valence-electron chi connectivity index (χ2n) is 5.21. The van der Waals surface area contributed by atoms with Crippen molar-refractivity contribution in [3.63, 3.8) is 0 Å². The molecule has 7 heteroatoms. The molecular formula is C18H15NO5S-2. The van der Waals surface area contributed by atoms with Crippen molar-refractivity contribution in [1.29, 1.82) is 0 Å². The molecule has 1 amide bonds. The molecule has 0 radical (unpaired) electrons. The maximum atomic E-state index is 12.2. The predicted octanol–water partition coefficient (Wildman–Crippen LogP) is -0.163. The van der Waals surface area contributed by atoms with Gasteiger partial charge in [-0.05, 0) is 30.7 Å². The molecule has 0 saturated carbocycles. The van der Waals surface area contributed by atoms with Crippen LogP contribution in [-0.2, 0) is 9.59 Å². The van der Waals surface area contributed by atoms with Crippen LogP contribution in [0.1, 0.15) is 16.8 Å². The molecular weight excluding hydrogens is 342 g/mol. The average molecular weight is 357 g/mol. The van der Waals surface area contributed by atoms with Crippen molar-refractivity contribution < 1.29 is 24.6 Å². The van der Waals surface area contributed by atoms with Gasteiger partial charge in [0.15, 0.2) is 0 Å². The molecule has 0 bridgehead atoms. The maximum absolute atomic E-state index is 12.2. The minimum atomic E-state index is -2.60. The molecule has 0 heterocycles. The van der Waals surface area contributed by atoms with E-state index in [2.05, 4.69) is 5.32 Å². The monoisotopic (exact) mass is 357 g/mol. The van der Waals surface area contributed by atoms with Gasteiger partial charge < -0.3 is 25.1 Å². The van der Waals surface area contributed by atoms with Crippen LogP contribution in [0.4, 0.5) is 0 Å². The number of amides is 1. The van der Waals surface area contributed by atoms with Crippen LogP contribution in [0.5, 0.6) is 0 Å². The maximum Gasteiger partial charge on any atom is 0.252 e. The lowest BCUT2D eigenvalue weighted by molar-refractivity contribution is -0.335. The lowest BCUT2D eigenvalue weighted by atomic mass is 9.95. The summed E-state index contributed by atoms with van der Waals surface area (Å²) in [4.78, 5) is 36.1. The van der Waals surface area contributed by atoms with Crippen molar-refractivity contribution in [3.8, 4) is 0 Å². The molecule has 0 aromatic heterocycles. The number of carboxylic acids is 2. The zero-order valence-electron chi connectivity index (χ0n) is 13.1. The van der Waals surface area contributed by atoms with Crippen LogP contribution in [0.15, 0.2) is 65.6 Å². The third-order valence-electron chi connectivity index (χ3n) is 3.55. The van der Waals surface area contributed by atoms with Gasteiger partial charge in [-0.2, -0.15) is 0 Å². The molecule has 0 spiro atoms. The van der Waals surface area contributed by atoms with Gasteiger partial charge in [-0.15, -0.1) is 11.8 Å². The molecule has 0 aliphatic heterocycles. The summed E-state index contributed by atoms with van der Waals surface area (Å²) in [5.74, 6) is -4.50. The second-order valence-corrected chi connectivity index (χ2v) is 6.38. The van der Waals surface area contributed by atoms with Crippen LogP contribution in [0.25, 0.3) is 0 Å². The third-order valence-corrected chi connectivity index (χ3v) is 4.56. The van der Waals surface area contributed by atoms with E-state index in [0.29, 0.717) is 0 Å². The Labute approximate surface area is 148 Å². The number of hydrogen-bond acceptors (Lipinski definition) is 6. The molecule has 0 saturated heterocycles. The molecule has 0 atom stereocenters. The summed E-state index contributed by atoms with van der Waals surface area (Å²) >= 11 is 1.27. The molecule has 2 aromatic rings. The summed E-state index contributed by atoms with van der Waals surface area (Å²) in [6.07, 6.45) is -0.379. The van der Waals surface area contributed by atoms with E-state index in [0.717, 1.165) is 4.90 Å². The predicted molar refractivity (Wildman–Crippen MR) is 88.4 cm³/mol. The van der Waals surface area contributed by atoms with E-state index in [9.17, 15) is 24.6 Å². The number of thioether (sulfide) groups is 1. The van der Waals surface area contributed by atoms with Gasteiger partial charge in [0.25, 0.3) is 5.91 Å². The summed E-state index contributed by atoms with van der Waals surface area (Å²) < 4.78 is 0. The van der Waals surface area contributed by atoms with E-state index in [1.54, 1.807) is 18.2 Å². The van der Waals surface area contributed by atoms with Gasteiger partial charge in [0.2, 0.25) is 0 Å². The van der Waals surface area contributed by atoms with Crippen LogP contribution < -0.4 is 15.5 Å². The summed E-state index contributed by atoms with van der Waals surface area (Å²) in [6.45, 7) is 0. The van der Waals surface area contributed by atoms with Gasteiger partial charge in [0.05, 0.1) is 11.9 Å². The Morgan fingerprint density at radius 1 is 0.880 bits per heavy atom. The number of hydrogen-bond donors (Lipinski definition) is 1. The smallest absolute Gasteiger partial charge is 0.252 e. The molecule has 0 aliphatic rings. The molecule has 2 aromatic carbocycles. The standard InChI is InChI=1S/C18H17NO5S/c20-15(13-7-3-1-4-8-13)19-18(16(21)22,17(23)24)11-12-25-14-9-5-2-6-10-14/h1-10H,11-12H2,(H,19,20)(H,21,22)(H,23,24)/p-2. The highest BCUT2D eigenvalue weighted by Crippen LogP contribution is 2.22. The van der Waals surface area contributed by atoms with E-state index in [-0.39, 0.29) is 17.7 Å². The van der Waals surface area contributed by atoms with Crippen molar-refractivity contribution >= 4 is 29.6 Å². The summed E-state index contributed by atoms with van der Waals surface area (Å²) in [7, 11) is 0. The number of rotatable bonds is 8. The average Bonchev–Trinajstić information content (AvgIpc) is 2.62. The Morgan fingerprint density at radius 2 is 1.40 bits per heavy atom. The van der Waals surface area contributed by atoms with Crippen LogP contribution >= 0.6 is 11.8 Å². The summed E-state index contributed by atoms with van der Waals surface area (Å²) in [5, 5.41) is 25.1. The van der Waals surface area contributed by atoms with E-state index >= 15 is 0 Å². The lowest BCUT2D eigenvalue weighted by Crippen LogP contribution is -2.69. The van der Waals surface area contributed by atoms with Crippen molar-refractivity contribution in [2.75, 3.05) is 5.75 Å². The zero-order chi connectivity index (χ0) is 18.3. The summed E-state index contributed by atoms with van der Waals surface area (Å²) in [5.41, 5.74) is -2.46. The summed E-state index contributed by atoms with van der Waals surface area (Å²) in [6, 6.07) is 16.8. The molecule has 0 aliphatic carbocycles. The number of carbonyl (C=O) groups excluding carboxylic acids is 3. The van der Waals surface area contributed by atoms with Gasteiger partial charge in [-0.25, -0.2) is 0 Å². The van der Waals surface area contributed by atoms with E-state index in [1.807, 2.05) is 30.3 Å². The molecule has 6 nitrogen and oxygen atoms in total. The fraction of sp³-hybridized carbons (Fsp3) is 0.167. The normalized spacial score (nSPS) is 10.9. The van der Waals surface area contributed by atoms with Crippen LogP contribution in [0.3, 0.4) is 0 Å². The van der Waals surface area contributed by atoms with Crippen molar-refractivity contribution in [1.82, 2.24) is 5.32 Å². The van der Waals surface area contributed by atoms with Crippen molar-refractivity contribution in [3.05, 3.63) is 66.2 Å². The fourth-order valence-electron chi connectivity index (χ4n) is 2.15. The van der Waals surface area contributed by atoms with Gasteiger partial charge >= 0.3 is 0 Å². The highest BCUT2D eigenvalue weighted by molar-refractivity contribution is 7.99. The zero-order valence-corrected chi connectivity index (χ0v) is 14.0. The first kappa shape index (κ1) is 18.5. The number of nitrogens with one attached hydrogen (secondary N) is 1.